The maximum Gasteiger partial charge on any atom is 0.341 e. The summed E-state index contributed by atoms with van der Waals surface area (Å²) in [5.74, 6) is -2.03. The fraction of sp³-hybridized carbons (Fsp3) is 0.381. The summed E-state index contributed by atoms with van der Waals surface area (Å²) in [5.41, 5.74) is 0.0703. The highest BCUT2D eigenvalue weighted by Gasteiger charge is 2.28. The molecule has 0 radical (unpaired) electrons. The van der Waals surface area contributed by atoms with Gasteiger partial charge in [0.05, 0.1) is 22.8 Å². The van der Waals surface area contributed by atoms with Crippen LogP contribution >= 0.6 is 11.6 Å². The summed E-state index contributed by atoms with van der Waals surface area (Å²) in [7, 11) is 1.63. The average molecular weight is 418 g/mol. The van der Waals surface area contributed by atoms with Gasteiger partial charge in [-0.3, -0.25) is 9.78 Å². The lowest BCUT2D eigenvalue weighted by molar-refractivity contribution is 0.0695. The molecule has 1 aliphatic rings. The van der Waals surface area contributed by atoms with Gasteiger partial charge in [0.1, 0.15) is 16.1 Å². The first-order valence-corrected chi connectivity index (χ1v) is 9.77. The first-order chi connectivity index (χ1) is 13.6. The Morgan fingerprint density at radius 3 is 2.59 bits per heavy atom. The molecule has 3 heterocycles. The molecule has 6 nitrogen and oxygen atoms in total. The molecule has 0 bridgehead atoms. The van der Waals surface area contributed by atoms with Crippen molar-refractivity contribution in [3.8, 4) is 0 Å². The van der Waals surface area contributed by atoms with Crippen LogP contribution < -0.4 is 10.3 Å². The van der Waals surface area contributed by atoms with E-state index in [1.807, 2.05) is 4.90 Å². The van der Waals surface area contributed by atoms with Gasteiger partial charge in [-0.25, -0.2) is 9.18 Å². The number of hydrogen-bond acceptors (Lipinski definition) is 4. The van der Waals surface area contributed by atoms with Gasteiger partial charge in [0.2, 0.25) is 5.43 Å². The van der Waals surface area contributed by atoms with E-state index >= 15 is 4.39 Å². The number of aromatic carboxylic acids is 1. The SMILES string of the molecule is Cn1cc(C(=O)O)c(=O)c2c3cc(N4CCC(C)(C)CC4)c(Cl)c(F)c3ncc21. The van der Waals surface area contributed by atoms with Crippen molar-refractivity contribution < 1.29 is 14.3 Å². The summed E-state index contributed by atoms with van der Waals surface area (Å²) in [4.78, 5) is 30.6. The molecule has 0 spiro atoms. The second-order valence-corrected chi connectivity index (χ2v) is 8.76. The van der Waals surface area contributed by atoms with Gasteiger partial charge in [0.15, 0.2) is 5.82 Å². The van der Waals surface area contributed by atoms with Crippen LogP contribution in [0.5, 0.6) is 0 Å². The number of pyridine rings is 2. The summed E-state index contributed by atoms with van der Waals surface area (Å²) in [6.45, 7) is 5.82. The smallest absolute Gasteiger partial charge is 0.341 e. The molecule has 1 saturated heterocycles. The van der Waals surface area contributed by atoms with Gasteiger partial charge in [-0.1, -0.05) is 25.4 Å². The Labute approximate surface area is 171 Å². The number of fused-ring (bicyclic) bond motifs is 3. The number of carbonyl (C=O) groups is 1. The van der Waals surface area contributed by atoms with Gasteiger partial charge < -0.3 is 14.6 Å². The van der Waals surface area contributed by atoms with Gasteiger partial charge in [0, 0.05) is 31.7 Å². The van der Waals surface area contributed by atoms with Gasteiger partial charge in [0.25, 0.3) is 0 Å². The monoisotopic (exact) mass is 417 g/mol. The van der Waals surface area contributed by atoms with Crippen LogP contribution in [0.25, 0.3) is 21.8 Å². The van der Waals surface area contributed by atoms with E-state index in [4.69, 9.17) is 11.6 Å². The Balaban J connectivity index is 2.03. The van der Waals surface area contributed by atoms with Crippen molar-refractivity contribution >= 4 is 45.1 Å². The summed E-state index contributed by atoms with van der Waals surface area (Å²) < 4.78 is 16.7. The van der Waals surface area contributed by atoms with E-state index in [2.05, 4.69) is 18.8 Å². The van der Waals surface area contributed by atoms with E-state index in [1.54, 1.807) is 13.1 Å². The first-order valence-electron chi connectivity index (χ1n) is 9.39. The van der Waals surface area contributed by atoms with Crippen molar-refractivity contribution in [3.05, 3.63) is 45.1 Å². The van der Waals surface area contributed by atoms with E-state index in [0.29, 0.717) is 24.3 Å². The number of aromatic nitrogens is 2. The van der Waals surface area contributed by atoms with Crippen LogP contribution in [-0.4, -0.2) is 33.7 Å². The molecule has 0 atom stereocenters. The van der Waals surface area contributed by atoms with Crippen molar-refractivity contribution in [2.24, 2.45) is 12.5 Å². The predicted molar refractivity (Wildman–Crippen MR) is 112 cm³/mol. The summed E-state index contributed by atoms with van der Waals surface area (Å²) in [6, 6.07) is 1.67. The van der Waals surface area contributed by atoms with Crippen molar-refractivity contribution in [2.45, 2.75) is 26.7 Å². The zero-order valence-electron chi connectivity index (χ0n) is 16.4. The number of carboxylic acid groups (broad SMARTS) is 1. The van der Waals surface area contributed by atoms with Crippen molar-refractivity contribution in [3.63, 3.8) is 0 Å². The molecule has 4 rings (SSSR count). The minimum atomic E-state index is -1.33. The van der Waals surface area contributed by atoms with Gasteiger partial charge >= 0.3 is 5.97 Å². The van der Waals surface area contributed by atoms with Gasteiger partial charge in [-0.15, -0.1) is 0 Å². The molecule has 0 saturated carbocycles. The van der Waals surface area contributed by atoms with Crippen LogP contribution in [0.2, 0.25) is 5.02 Å². The number of benzene rings is 1. The van der Waals surface area contributed by atoms with E-state index in [1.165, 1.54) is 17.0 Å². The van der Waals surface area contributed by atoms with Crippen LogP contribution in [0.1, 0.15) is 37.0 Å². The maximum atomic E-state index is 15.1. The number of piperidine rings is 1. The standard InChI is InChI=1S/C21H21ClFN3O3/c1-21(2)4-6-26(7-5-21)13-8-11-15-14(9-24-18(11)17(23)16(13)22)25(3)10-12(19(15)27)20(28)29/h8-10H,4-7H2,1-3H3,(H,28,29). The molecular weight excluding hydrogens is 397 g/mol. The molecule has 8 heteroatoms. The fourth-order valence-corrected chi connectivity index (χ4v) is 4.21. The Morgan fingerprint density at radius 2 is 1.97 bits per heavy atom. The molecule has 0 unspecified atom stereocenters. The normalized spacial score (nSPS) is 16.5. The third kappa shape index (κ3) is 3.13. The van der Waals surface area contributed by atoms with Gasteiger partial charge in [-0.2, -0.15) is 0 Å². The first kappa shape index (κ1) is 19.6. The average Bonchev–Trinajstić information content (AvgIpc) is 2.66. The zero-order valence-corrected chi connectivity index (χ0v) is 17.2. The molecule has 29 heavy (non-hydrogen) atoms. The van der Waals surface area contributed by atoms with Crippen LogP contribution in [-0.2, 0) is 7.05 Å². The largest absolute Gasteiger partial charge is 0.477 e. The number of hydrogen-bond donors (Lipinski definition) is 1. The predicted octanol–water partition coefficient (Wildman–Crippen LogP) is 4.20. The molecule has 0 amide bonds. The lowest BCUT2D eigenvalue weighted by Gasteiger charge is -2.38. The summed E-state index contributed by atoms with van der Waals surface area (Å²) >= 11 is 6.35. The molecular formula is C21H21ClFN3O3. The number of halogens is 2. The minimum Gasteiger partial charge on any atom is -0.477 e. The van der Waals surface area contributed by atoms with Crippen LogP contribution in [0.15, 0.2) is 23.3 Å². The molecule has 0 aliphatic carbocycles. The second kappa shape index (κ2) is 6.69. The fourth-order valence-electron chi connectivity index (χ4n) is 3.95. The molecule has 1 N–H and O–H groups in total. The lowest BCUT2D eigenvalue weighted by atomic mass is 9.82. The molecule has 1 fully saturated rings. The topological polar surface area (TPSA) is 75.4 Å². The molecule has 1 aromatic carbocycles. The van der Waals surface area contributed by atoms with Crippen LogP contribution in [0, 0.1) is 11.2 Å². The van der Waals surface area contributed by atoms with Crippen molar-refractivity contribution in [1.29, 1.82) is 0 Å². The van der Waals surface area contributed by atoms with E-state index in [-0.39, 0.29) is 32.3 Å². The lowest BCUT2D eigenvalue weighted by Crippen LogP contribution is -2.37. The number of carboxylic acids is 1. The van der Waals surface area contributed by atoms with Crippen LogP contribution in [0.3, 0.4) is 0 Å². The Morgan fingerprint density at radius 1 is 1.31 bits per heavy atom. The van der Waals surface area contributed by atoms with E-state index in [0.717, 1.165) is 12.8 Å². The number of rotatable bonds is 2. The highest BCUT2D eigenvalue weighted by molar-refractivity contribution is 6.34. The number of nitrogens with zero attached hydrogens (tertiary/aromatic N) is 3. The Kier molecular flexibility index (Phi) is 4.53. The number of aryl methyl sites for hydroxylation is 1. The van der Waals surface area contributed by atoms with E-state index < -0.39 is 17.2 Å². The third-order valence-electron chi connectivity index (χ3n) is 5.87. The molecule has 3 aromatic rings. The van der Waals surface area contributed by atoms with E-state index in [9.17, 15) is 14.7 Å². The Hall–Kier alpha value is -2.67. The summed E-state index contributed by atoms with van der Waals surface area (Å²) in [6.07, 6.45) is 4.48. The highest BCUT2D eigenvalue weighted by Crippen LogP contribution is 2.39. The second-order valence-electron chi connectivity index (χ2n) is 8.38. The molecule has 1 aliphatic heterocycles. The zero-order chi connectivity index (χ0) is 21.1. The quantitative estimate of drug-likeness (QED) is 0.632. The summed E-state index contributed by atoms with van der Waals surface area (Å²) in [5, 5.41) is 9.77. The number of anilines is 1. The van der Waals surface area contributed by atoms with Crippen molar-refractivity contribution in [1.82, 2.24) is 9.55 Å². The molecule has 152 valence electrons. The minimum absolute atomic E-state index is 0.0322. The van der Waals surface area contributed by atoms with Crippen molar-refractivity contribution in [2.75, 3.05) is 18.0 Å². The van der Waals surface area contributed by atoms with Crippen LogP contribution in [0.4, 0.5) is 10.1 Å². The molecule has 2 aromatic heterocycles. The maximum absolute atomic E-state index is 15.1. The highest BCUT2D eigenvalue weighted by atomic mass is 35.5. The Bertz CT molecular complexity index is 1230. The van der Waals surface area contributed by atoms with Gasteiger partial charge in [-0.05, 0) is 24.3 Å². The third-order valence-corrected chi connectivity index (χ3v) is 6.23.